The quantitative estimate of drug-likeness (QED) is 0.883. The summed E-state index contributed by atoms with van der Waals surface area (Å²) in [6.07, 6.45) is 3.08. The minimum absolute atomic E-state index is 0.360. The van der Waals surface area contributed by atoms with Crippen LogP contribution >= 0.6 is 0 Å². The van der Waals surface area contributed by atoms with Crippen LogP contribution in [0.3, 0.4) is 0 Å². The van der Waals surface area contributed by atoms with E-state index in [1.807, 2.05) is 36.1 Å². The van der Waals surface area contributed by atoms with Gasteiger partial charge in [-0.25, -0.2) is 4.98 Å². The number of likely N-dealkylation sites (tertiary alicyclic amines) is 1. The van der Waals surface area contributed by atoms with Gasteiger partial charge in [-0.05, 0) is 44.0 Å². The maximum atomic E-state index is 11.2. The highest BCUT2D eigenvalue weighted by atomic mass is 16.5. The summed E-state index contributed by atoms with van der Waals surface area (Å²) < 4.78 is 10.8. The Morgan fingerprint density at radius 3 is 2.87 bits per heavy atom. The van der Waals surface area contributed by atoms with Gasteiger partial charge in [-0.1, -0.05) is 12.1 Å². The maximum Gasteiger partial charge on any atom is 0.320 e. The van der Waals surface area contributed by atoms with Crippen LogP contribution in [0.25, 0.3) is 0 Å². The van der Waals surface area contributed by atoms with Gasteiger partial charge in [0, 0.05) is 6.54 Å². The number of aromatic nitrogens is 1. The second kappa shape index (κ2) is 6.83. The summed E-state index contributed by atoms with van der Waals surface area (Å²) in [5.41, 5.74) is 1.87. The van der Waals surface area contributed by atoms with Crippen LogP contribution in [-0.2, 0) is 17.9 Å². The number of aliphatic carboxylic acids is 1. The number of carbonyl (C=O) groups is 1. The average Bonchev–Trinajstić information content (AvgIpc) is 3.16. The minimum atomic E-state index is -0.731. The van der Waals surface area contributed by atoms with Gasteiger partial charge < -0.3 is 14.3 Å². The lowest BCUT2D eigenvalue weighted by molar-refractivity contribution is -0.142. The summed E-state index contributed by atoms with van der Waals surface area (Å²) in [4.78, 5) is 17.3. The average molecular weight is 316 g/mol. The molecule has 0 amide bonds. The Balaban J connectivity index is 1.57. The molecule has 0 aliphatic carbocycles. The van der Waals surface area contributed by atoms with Gasteiger partial charge in [-0.15, -0.1) is 0 Å². The lowest BCUT2D eigenvalue weighted by atomic mass is 10.2. The van der Waals surface area contributed by atoms with E-state index in [9.17, 15) is 9.90 Å². The number of carboxylic acids is 1. The summed E-state index contributed by atoms with van der Waals surface area (Å²) in [6, 6.07) is 7.39. The van der Waals surface area contributed by atoms with Crippen molar-refractivity contribution in [3.8, 4) is 5.75 Å². The van der Waals surface area contributed by atoms with Crippen LogP contribution < -0.4 is 4.74 Å². The summed E-state index contributed by atoms with van der Waals surface area (Å²) in [7, 11) is 0. The molecule has 2 heterocycles. The third-order valence-electron chi connectivity index (χ3n) is 4.18. The zero-order chi connectivity index (χ0) is 16.2. The summed E-state index contributed by atoms with van der Waals surface area (Å²) in [5, 5.41) is 9.21. The molecule has 1 aromatic heterocycles. The van der Waals surface area contributed by atoms with Crippen molar-refractivity contribution in [2.24, 2.45) is 0 Å². The molecule has 1 fully saturated rings. The molecule has 1 aliphatic rings. The predicted molar refractivity (Wildman–Crippen MR) is 83.1 cm³/mol. The van der Waals surface area contributed by atoms with Crippen molar-refractivity contribution in [1.82, 2.24) is 9.88 Å². The fourth-order valence-corrected chi connectivity index (χ4v) is 2.84. The topological polar surface area (TPSA) is 75.8 Å². The van der Waals surface area contributed by atoms with E-state index >= 15 is 0 Å². The standard InChI is InChI=1S/C17H20N2O4/c1-12-15(18-11-23-12)10-22-14-6-4-13(5-7-14)9-19-8-2-3-16(19)17(20)21/h4-7,11,16H,2-3,8-10H2,1H3,(H,20,21). The summed E-state index contributed by atoms with van der Waals surface area (Å²) in [6.45, 7) is 3.71. The first-order valence-corrected chi connectivity index (χ1v) is 7.71. The molecular formula is C17H20N2O4. The smallest absolute Gasteiger partial charge is 0.320 e. The van der Waals surface area contributed by atoms with E-state index in [2.05, 4.69) is 4.98 Å². The molecule has 2 aromatic rings. The van der Waals surface area contributed by atoms with Gasteiger partial charge in [0.15, 0.2) is 6.39 Å². The molecule has 3 rings (SSSR count). The Morgan fingerprint density at radius 1 is 1.43 bits per heavy atom. The maximum absolute atomic E-state index is 11.2. The van der Waals surface area contributed by atoms with Crippen molar-refractivity contribution in [2.75, 3.05) is 6.54 Å². The van der Waals surface area contributed by atoms with Crippen LogP contribution in [-0.4, -0.2) is 33.5 Å². The molecule has 1 aromatic carbocycles. The van der Waals surface area contributed by atoms with Crippen LogP contribution in [0.1, 0.15) is 29.9 Å². The van der Waals surface area contributed by atoms with Crippen molar-refractivity contribution in [2.45, 2.75) is 39.0 Å². The summed E-state index contributed by atoms with van der Waals surface area (Å²) >= 11 is 0. The summed E-state index contributed by atoms with van der Waals surface area (Å²) in [5.74, 6) is 0.785. The fraction of sp³-hybridized carbons (Fsp3) is 0.412. The van der Waals surface area contributed by atoms with Gasteiger partial charge in [0.25, 0.3) is 0 Å². The molecule has 1 atom stereocenters. The molecule has 6 nitrogen and oxygen atoms in total. The lowest BCUT2D eigenvalue weighted by Gasteiger charge is -2.21. The minimum Gasteiger partial charge on any atom is -0.487 e. The second-order valence-electron chi connectivity index (χ2n) is 5.75. The number of nitrogens with zero attached hydrogens (tertiary/aromatic N) is 2. The van der Waals surface area contributed by atoms with E-state index in [1.54, 1.807) is 0 Å². The first-order valence-electron chi connectivity index (χ1n) is 7.71. The molecule has 0 saturated carbocycles. The molecule has 23 heavy (non-hydrogen) atoms. The van der Waals surface area contributed by atoms with Gasteiger partial charge in [-0.2, -0.15) is 0 Å². The van der Waals surface area contributed by atoms with Crippen molar-refractivity contribution < 1.29 is 19.1 Å². The first kappa shape index (κ1) is 15.6. The van der Waals surface area contributed by atoms with E-state index in [1.165, 1.54) is 6.39 Å². The van der Waals surface area contributed by atoms with Crippen molar-refractivity contribution in [1.29, 1.82) is 0 Å². The number of aryl methyl sites for hydroxylation is 1. The SMILES string of the molecule is Cc1ocnc1COc1ccc(CN2CCCC2C(=O)O)cc1. The zero-order valence-corrected chi connectivity index (χ0v) is 13.1. The Labute approximate surface area is 134 Å². The van der Waals surface area contributed by atoms with Crippen molar-refractivity contribution in [3.05, 3.63) is 47.7 Å². The molecule has 1 aliphatic heterocycles. The lowest BCUT2D eigenvalue weighted by Crippen LogP contribution is -2.35. The van der Waals surface area contributed by atoms with Crippen LogP contribution in [0.2, 0.25) is 0 Å². The number of hydrogen-bond acceptors (Lipinski definition) is 5. The molecule has 1 N–H and O–H groups in total. The Bertz CT molecular complexity index is 665. The number of ether oxygens (including phenoxy) is 1. The first-order chi connectivity index (χ1) is 11.1. The zero-order valence-electron chi connectivity index (χ0n) is 13.1. The molecule has 1 saturated heterocycles. The second-order valence-corrected chi connectivity index (χ2v) is 5.75. The number of carboxylic acid groups (broad SMARTS) is 1. The highest BCUT2D eigenvalue weighted by Crippen LogP contribution is 2.22. The Hall–Kier alpha value is -2.34. The molecule has 122 valence electrons. The van der Waals surface area contributed by atoms with Gasteiger partial charge >= 0.3 is 5.97 Å². The number of hydrogen-bond donors (Lipinski definition) is 1. The van der Waals surface area contributed by atoms with Crippen LogP contribution in [0.4, 0.5) is 0 Å². The Morgan fingerprint density at radius 2 is 2.22 bits per heavy atom. The third-order valence-corrected chi connectivity index (χ3v) is 4.18. The van der Waals surface area contributed by atoms with Crippen molar-refractivity contribution in [3.63, 3.8) is 0 Å². The molecule has 0 spiro atoms. The number of oxazole rings is 1. The molecule has 6 heteroatoms. The Kier molecular flexibility index (Phi) is 4.62. The van der Waals surface area contributed by atoms with E-state index < -0.39 is 5.97 Å². The monoisotopic (exact) mass is 316 g/mol. The molecular weight excluding hydrogens is 296 g/mol. The van der Waals surface area contributed by atoms with Gasteiger partial charge in [-0.3, -0.25) is 9.69 Å². The highest BCUT2D eigenvalue weighted by molar-refractivity contribution is 5.73. The number of rotatable bonds is 6. The van der Waals surface area contributed by atoms with E-state index in [0.717, 1.165) is 42.2 Å². The van der Waals surface area contributed by atoms with Gasteiger partial charge in [0.1, 0.15) is 29.9 Å². The van der Waals surface area contributed by atoms with Crippen LogP contribution in [0, 0.1) is 6.92 Å². The van der Waals surface area contributed by atoms with Gasteiger partial charge in [0.2, 0.25) is 0 Å². The fourth-order valence-electron chi connectivity index (χ4n) is 2.84. The van der Waals surface area contributed by atoms with E-state index in [4.69, 9.17) is 9.15 Å². The highest BCUT2D eigenvalue weighted by Gasteiger charge is 2.30. The van der Waals surface area contributed by atoms with Crippen molar-refractivity contribution >= 4 is 5.97 Å². The third kappa shape index (κ3) is 3.71. The van der Waals surface area contributed by atoms with Crippen LogP contribution in [0.15, 0.2) is 35.1 Å². The largest absolute Gasteiger partial charge is 0.487 e. The van der Waals surface area contributed by atoms with Crippen LogP contribution in [0.5, 0.6) is 5.75 Å². The predicted octanol–water partition coefficient (Wildman–Crippen LogP) is 2.61. The van der Waals surface area contributed by atoms with E-state index in [-0.39, 0.29) is 6.04 Å². The molecule has 0 radical (unpaired) electrons. The number of benzene rings is 1. The normalized spacial score (nSPS) is 18.2. The molecule has 0 bridgehead atoms. The van der Waals surface area contributed by atoms with E-state index in [0.29, 0.717) is 13.2 Å². The van der Waals surface area contributed by atoms with Gasteiger partial charge in [0.05, 0.1) is 0 Å². The molecule has 1 unspecified atom stereocenters.